The SMILES string of the molecule is CC1(C)[C@@H](O)C[C@H]1Nc1nc(NCCc2cc3ccccc3[nH]2)cnc1C#N. The highest BCUT2D eigenvalue weighted by molar-refractivity contribution is 5.80. The summed E-state index contributed by atoms with van der Waals surface area (Å²) >= 11 is 0. The van der Waals surface area contributed by atoms with Crippen LogP contribution in [0.5, 0.6) is 0 Å². The molecule has 0 radical (unpaired) electrons. The number of aromatic amines is 1. The van der Waals surface area contributed by atoms with Crippen molar-refractivity contribution in [3.63, 3.8) is 0 Å². The van der Waals surface area contributed by atoms with Crippen molar-refractivity contribution >= 4 is 22.5 Å². The summed E-state index contributed by atoms with van der Waals surface area (Å²) in [4.78, 5) is 12.2. The van der Waals surface area contributed by atoms with Gasteiger partial charge in [-0.05, 0) is 23.9 Å². The van der Waals surface area contributed by atoms with Crippen LogP contribution in [0.25, 0.3) is 10.9 Å². The smallest absolute Gasteiger partial charge is 0.183 e. The van der Waals surface area contributed by atoms with Crippen molar-refractivity contribution in [3.8, 4) is 6.07 Å². The summed E-state index contributed by atoms with van der Waals surface area (Å²) in [6, 6.07) is 12.5. The van der Waals surface area contributed by atoms with Gasteiger partial charge in [0.15, 0.2) is 11.5 Å². The molecule has 1 saturated carbocycles. The first-order valence-electron chi connectivity index (χ1n) is 9.49. The highest BCUT2D eigenvalue weighted by atomic mass is 16.3. The number of nitrogens with one attached hydrogen (secondary N) is 3. The average molecular weight is 376 g/mol. The zero-order chi connectivity index (χ0) is 19.7. The second-order valence-electron chi connectivity index (χ2n) is 7.89. The monoisotopic (exact) mass is 376 g/mol. The minimum Gasteiger partial charge on any atom is -0.392 e. The van der Waals surface area contributed by atoms with Crippen LogP contribution in [0.15, 0.2) is 36.5 Å². The Kier molecular flexibility index (Phi) is 4.65. The van der Waals surface area contributed by atoms with Gasteiger partial charge in [0.05, 0.1) is 12.3 Å². The molecule has 0 amide bonds. The fraction of sp³-hybridized carbons (Fsp3) is 0.381. The minimum atomic E-state index is -0.346. The maximum atomic E-state index is 9.93. The van der Waals surface area contributed by atoms with Crippen LogP contribution in [0.1, 0.15) is 31.7 Å². The van der Waals surface area contributed by atoms with Crippen LogP contribution in [-0.2, 0) is 6.42 Å². The van der Waals surface area contributed by atoms with E-state index in [4.69, 9.17) is 0 Å². The Balaban J connectivity index is 1.41. The average Bonchev–Trinajstić information content (AvgIpc) is 3.11. The molecule has 4 rings (SSSR count). The van der Waals surface area contributed by atoms with Gasteiger partial charge in [-0.15, -0.1) is 0 Å². The van der Waals surface area contributed by atoms with Crippen molar-refractivity contribution in [2.75, 3.05) is 17.2 Å². The number of hydrogen-bond donors (Lipinski definition) is 4. The molecule has 1 fully saturated rings. The molecule has 1 aliphatic carbocycles. The van der Waals surface area contributed by atoms with Gasteiger partial charge in [0.2, 0.25) is 0 Å². The van der Waals surface area contributed by atoms with Gasteiger partial charge >= 0.3 is 0 Å². The van der Waals surface area contributed by atoms with E-state index in [9.17, 15) is 10.4 Å². The summed E-state index contributed by atoms with van der Waals surface area (Å²) in [6.07, 6.45) is 2.69. The first kappa shape index (κ1) is 18.3. The number of aliphatic hydroxyl groups is 1. The summed E-state index contributed by atoms with van der Waals surface area (Å²) in [5.41, 5.74) is 2.29. The number of nitriles is 1. The predicted octanol–water partition coefficient (Wildman–Crippen LogP) is 3.06. The highest BCUT2D eigenvalue weighted by Gasteiger charge is 2.47. The minimum absolute atomic E-state index is 0.0606. The molecule has 0 aliphatic heterocycles. The number of hydrogen-bond acceptors (Lipinski definition) is 6. The molecule has 2 heterocycles. The van der Waals surface area contributed by atoms with E-state index in [2.05, 4.69) is 49.9 Å². The van der Waals surface area contributed by atoms with Crippen molar-refractivity contribution in [1.82, 2.24) is 15.0 Å². The molecule has 28 heavy (non-hydrogen) atoms. The summed E-state index contributed by atoms with van der Waals surface area (Å²) in [5, 5.41) is 27.0. The van der Waals surface area contributed by atoms with Crippen molar-refractivity contribution < 1.29 is 5.11 Å². The second kappa shape index (κ2) is 7.13. The van der Waals surface area contributed by atoms with E-state index in [0.29, 0.717) is 24.6 Å². The highest BCUT2D eigenvalue weighted by Crippen LogP contribution is 2.42. The van der Waals surface area contributed by atoms with Crippen molar-refractivity contribution in [2.45, 2.75) is 38.8 Å². The standard InChI is InChI=1S/C21H24N6O/c1-21(2)17(10-18(21)28)26-20-16(11-22)24-12-19(27-20)23-8-7-14-9-13-5-3-4-6-15(13)25-14/h3-6,9,12,17-18,25,28H,7-8,10H2,1-2H3,(H2,23,26,27)/t17-,18+/m1/s1. The van der Waals surface area contributed by atoms with Gasteiger partial charge in [0, 0.05) is 35.6 Å². The largest absolute Gasteiger partial charge is 0.392 e. The number of para-hydroxylation sites is 1. The molecule has 0 bridgehead atoms. The Morgan fingerprint density at radius 1 is 1.36 bits per heavy atom. The Labute approximate surface area is 163 Å². The number of aromatic nitrogens is 3. The summed E-state index contributed by atoms with van der Waals surface area (Å²) in [7, 11) is 0. The molecule has 144 valence electrons. The number of rotatable bonds is 6. The Morgan fingerprint density at radius 2 is 2.18 bits per heavy atom. The second-order valence-corrected chi connectivity index (χ2v) is 7.89. The van der Waals surface area contributed by atoms with E-state index in [1.807, 2.05) is 26.0 Å². The van der Waals surface area contributed by atoms with Gasteiger partial charge < -0.3 is 20.7 Å². The third-order valence-electron chi connectivity index (χ3n) is 5.69. The number of aliphatic hydroxyl groups excluding tert-OH is 1. The Morgan fingerprint density at radius 3 is 2.89 bits per heavy atom. The van der Waals surface area contributed by atoms with E-state index in [-0.39, 0.29) is 23.3 Å². The third-order valence-corrected chi connectivity index (χ3v) is 5.69. The van der Waals surface area contributed by atoms with Gasteiger partial charge in [-0.2, -0.15) is 5.26 Å². The van der Waals surface area contributed by atoms with E-state index in [0.717, 1.165) is 17.6 Å². The van der Waals surface area contributed by atoms with Gasteiger partial charge in [0.1, 0.15) is 11.9 Å². The first-order chi connectivity index (χ1) is 13.5. The van der Waals surface area contributed by atoms with Crippen LogP contribution in [0.3, 0.4) is 0 Å². The third kappa shape index (κ3) is 3.39. The summed E-state index contributed by atoms with van der Waals surface area (Å²) in [6.45, 7) is 4.70. The molecule has 7 heteroatoms. The van der Waals surface area contributed by atoms with E-state index >= 15 is 0 Å². The lowest BCUT2D eigenvalue weighted by Crippen LogP contribution is -2.57. The number of fused-ring (bicyclic) bond motifs is 1. The summed E-state index contributed by atoms with van der Waals surface area (Å²) < 4.78 is 0. The van der Waals surface area contributed by atoms with Crippen LogP contribution in [0.2, 0.25) is 0 Å². The van der Waals surface area contributed by atoms with Crippen LogP contribution in [0.4, 0.5) is 11.6 Å². The quantitative estimate of drug-likeness (QED) is 0.526. The summed E-state index contributed by atoms with van der Waals surface area (Å²) in [5.74, 6) is 1.08. The molecule has 0 spiro atoms. The molecule has 7 nitrogen and oxygen atoms in total. The Hall–Kier alpha value is -3.11. The normalized spacial score (nSPS) is 20.4. The van der Waals surface area contributed by atoms with E-state index in [1.54, 1.807) is 6.20 Å². The predicted molar refractivity (Wildman–Crippen MR) is 109 cm³/mol. The zero-order valence-electron chi connectivity index (χ0n) is 16.0. The lowest BCUT2D eigenvalue weighted by molar-refractivity contribution is -0.0511. The molecular weight excluding hydrogens is 352 g/mol. The molecular formula is C21H24N6O. The Bertz CT molecular complexity index is 1000. The molecule has 2 atom stereocenters. The fourth-order valence-electron chi connectivity index (χ4n) is 3.56. The number of H-pyrrole nitrogens is 1. The lowest BCUT2D eigenvalue weighted by Gasteiger charge is -2.49. The number of anilines is 2. The van der Waals surface area contributed by atoms with Gasteiger partial charge in [0.25, 0.3) is 0 Å². The maximum absolute atomic E-state index is 9.93. The van der Waals surface area contributed by atoms with Gasteiger partial charge in [-0.1, -0.05) is 32.0 Å². The van der Waals surface area contributed by atoms with E-state index < -0.39 is 0 Å². The maximum Gasteiger partial charge on any atom is 0.183 e. The molecule has 0 unspecified atom stereocenters. The van der Waals surface area contributed by atoms with Crippen LogP contribution < -0.4 is 10.6 Å². The van der Waals surface area contributed by atoms with Gasteiger partial charge in [-0.25, -0.2) is 9.97 Å². The zero-order valence-corrected chi connectivity index (χ0v) is 16.0. The number of nitrogens with zero attached hydrogens (tertiary/aromatic N) is 3. The molecule has 4 N–H and O–H groups in total. The van der Waals surface area contributed by atoms with Crippen LogP contribution in [-0.4, -0.2) is 38.7 Å². The lowest BCUT2D eigenvalue weighted by atomic mass is 9.64. The van der Waals surface area contributed by atoms with E-state index in [1.165, 1.54) is 5.39 Å². The van der Waals surface area contributed by atoms with Crippen molar-refractivity contribution in [3.05, 3.63) is 47.9 Å². The van der Waals surface area contributed by atoms with Gasteiger partial charge in [-0.3, -0.25) is 0 Å². The van der Waals surface area contributed by atoms with Crippen LogP contribution in [0, 0.1) is 16.7 Å². The first-order valence-corrected chi connectivity index (χ1v) is 9.49. The van der Waals surface area contributed by atoms with Crippen molar-refractivity contribution in [2.24, 2.45) is 5.41 Å². The molecule has 2 aromatic heterocycles. The topological polar surface area (TPSA) is 110 Å². The van der Waals surface area contributed by atoms with Crippen molar-refractivity contribution in [1.29, 1.82) is 5.26 Å². The molecule has 3 aromatic rings. The van der Waals surface area contributed by atoms with Crippen LogP contribution >= 0.6 is 0 Å². The molecule has 0 saturated heterocycles. The fourth-order valence-corrected chi connectivity index (χ4v) is 3.56. The number of benzene rings is 1. The molecule has 1 aromatic carbocycles. The molecule has 1 aliphatic rings.